The summed E-state index contributed by atoms with van der Waals surface area (Å²) < 4.78 is 12.8. The molecule has 3 N–H and O–H groups in total. The standard InChI is InChI=1S/C15H21FN2O/c1-15(10-17,12-5-6-12)18-14(19)9-4-11-2-7-13(16)8-3-11/h2-3,7-8,12H,4-6,9-10,17H2,1H3,(H,18,19). The van der Waals surface area contributed by atoms with E-state index in [-0.39, 0.29) is 17.3 Å². The van der Waals surface area contributed by atoms with Crippen molar-refractivity contribution in [2.75, 3.05) is 6.54 Å². The summed E-state index contributed by atoms with van der Waals surface area (Å²) in [6, 6.07) is 6.26. The van der Waals surface area contributed by atoms with Crippen molar-refractivity contribution in [3.8, 4) is 0 Å². The van der Waals surface area contributed by atoms with Crippen LogP contribution in [0.3, 0.4) is 0 Å². The fourth-order valence-corrected chi connectivity index (χ4v) is 2.33. The third-order valence-corrected chi connectivity index (χ3v) is 3.88. The lowest BCUT2D eigenvalue weighted by Crippen LogP contribution is -2.53. The van der Waals surface area contributed by atoms with Crippen molar-refractivity contribution in [2.24, 2.45) is 11.7 Å². The molecule has 1 aromatic rings. The highest BCUT2D eigenvalue weighted by Crippen LogP contribution is 2.38. The van der Waals surface area contributed by atoms with Crippen molar-refractivity contribution in [3.63, 3.8) is 0 Å². The number of carbonyl (C=O) groups excluding carboxylic acids is 1. The Bertz CT molecular complexity index is 442. The average Bonchev–Trinajstić information content (AvgIpc) is 3.22. The van der Waals surface area contributed by atoms with E-state index in [1.165, 1.54) is 12.1 Å². The lowest BCUT2D eigenvalue weighted by atomic mass is 9.95. The number of hydrogen-bond acceptors (Lipinski definition) is 2. The molecular formula is C15H21FN2O. The summed E-state index contributed by atoms with van der Waals surface area (Å²) in [6.07, 6.45) is 3.32. The summed E-state index contributed by atoms with van der Waals surface area (Å²) >= 11 is 0. The number of aryl methyl sites for hydroxylation is 1. The van der Waals surface area contributed by atoms with E-state index in [1.807, 2.05) is 6.92 Å². The van der Waals surface area contributed by atoms with E-state index in [1.54, 1.807) is 12.1 Å². The second-order valence-corrected chi connectivity index (χ2v) is 5.57. The van der Waals surface area contributed by atoms with Crippen LogP contribution in [-0.2, 0) is 11.2 Å². The molecule has 1 aliphatic rings. The highest BCUT2D eigenvalue weighted by Gasteiger charge is 2.41. The highest BCUT2D eigenvalue weighted by atomic mass is 19.1. The lowest BCUT2D eigenvalue weighted by molar-refractivity contribution is -0.123. The molecule has 1 aliphatic carbocycles. The van der Waals surface area contributed by atoms with Gasteiger partial charge in [-0.25, -0.2) is 4.39 Å². The monoisotopic (exact) mass is 264 g/mol. The van der Waals surface area contributed by atoms with Crippen LogP contribution in [0.15, 0.2) is 24.3 Å². The Labute approximate surface area is 113 Å². The van der Waals surface area contributed by atoms with Crippen LogP contribution in [0.2, 0.25) is 0 Å². The van der Waals surface area contributed by atoms with E-state index in [2.05, 4.69) is 5.32 Å². The summed E-state index contributed by atoms with van der Waals surface area (Å²) in [4.78, 5) is 11.9. The molecule has 0 aromatic heterocycles. The molecule has 0 radical (unpaired) electrons. The molecule has 1 saturated carbocycles. The molecule has 0 spiro atoms. The first-order valence-corrected chi connectivity index (χ1v) is 6.79. The highest BCUT2D eigenvalue weighted by molar-refractivity contribution is 5.77. The van der Waals surface area contributed by atoms with Gasteiger partial charge in [0.25, 0.3) is 0 Å². The minimum absolute atomic E-state index is 0.0178. The lowest BCUT2D eigenvalue weighted by Gasteiger charge is -2.29. The van der Waals surface area contributed by atoms with Gasteiger partial charge in [0.2, 0.25) is 5.91 Å². The maximum Gasteiger partial charge on any atom is 0.220 e. The molecule has 1 atom stereocenters. The molecule has 0 heterocycles. The second kappa shape index (κ2) is 5.70. The van der Waals surface area contributed by atoms with Gasteiger partial charge in [-0.2, -0.15) is 0 Å². The zero-order chi connectivity index (χ0) is 13.9. The molecule has 19 heavy (non-hydrogen) atoms. The van der Waals surface area contributed by atoms with E-state index in [9.17, 15) is 9.18 Å². The molecule has 2 rings (SSSR count). The van der Waals surface area contributed by atoms with E-state index in [4.69, 9.17) is 5.73 Å². The first-order valence-electron chi connectivity index (χ1n) is 6.79. The Hall–Kier alpha value is -1.42. The molecule has 0 bridgehead atoms. The van der Waals surface area contributed by atoms with Gasteiger partial charge in [-0.3, -0.25) is 4.79 Å². The number of nitrogens with one attached hydrogen (secondary N) is 1. The molecule has 104 valence electrons. The first kappa shape index (κ1) is 14.0. The Morgan fingerprint density at radius 1 is 1.42 bits per heavy atom. The largest absolute Gasteiger partial charge is 0.349 e. The summed E-state index contributed by atoms with van der Waals surface area (Å²) in [5, 5.41) is 3.05. The van der Waals surface area contributed by atoms with Crippen LogP contribution in [0.25, 0.3) is 0 Å². The average molecular weight is 264 g/mol. The van der Waals surface area contributed by atoms with Crippen molar-refractivity contribution < 1.29 is 9.18 Å². The number of hydrogen-bond donors (Lipinski definition) is 2. The third kappa shape index (κ3) is 3.77. The van der Waals surface area contributed by atoms with Crippen LogP contribution in [0.4, 0.5) is 4.39 Å². The van der Waals surface area contributed by atoms with Crippen LogP contribution in [-0.4, -0.2) is 18.0 Å². The maximum absolute atomic E-state index is 12.8. The van der Waals surface area contributed by atoms with Crippen LogP contribution in [0.5, 0.6) is 0 Å². The van der Waals surface area contributed by atoms with Gasteiger partial charge < -0.3 is 11.1 Å². The molecule has 0 saturated heterocycles. The van der Waals surface area contributed by atoms with E-state index in [0.29, 0.717) is 25.3 Å². The molecule has 1 fully saturated rings. The predicted molar refractivity (Wildman–Crippen MR) is 73.0 cm³/mol. The van der Waals surface area contributed by atoms with Gasteiger partial charge in [-0.1, -0.05) is 12.1 Å². The number of carbonyl (C=O) groups is 1. The van der Waals surface area contributed by atoms with Gasteiger partial charge in [0.15, 0.2) is 0 Å². The Balaban J connectivity index is 1.82. The van der Waals surface area contributed by atoms with Crippen molar-refractivity contribution in [1.29, 1.82) is 0 Å². The molecule has 1 unspecified atom stereocenters. The van der Waals surface area contributed by atoms with E-state index >= 15 is 0 Å². The molecule has 4 heteroatoms. The minimum Gasteiger partial charge on any atom is -0.349 e. The van der Waals surface area contributed by atoms with Gasteiger partial charge in [0.1, 0.15) is 5.82 Å². The normalized spacial score (nSPS) is 17.8. The van der Waals surface area contributed by atoms with Crippen LogP contribution >= 0.6 is 0 Å². The molecule has 0 aliphatic heterocycles. The van der Waals surface area contributed by atoms with E-state index in [0.717, 1.165) is 18.4 Å². The Morgan fingerprint density at radius 3 is 2.58 bits per heavy atom. The second-order valence-electron chi connectivity index (χ2n) is 5.57. The van der Waals surface area contributed by atoms with Crippen LogP contribution in [0, 0.1) is 11.7 Å². The number of amides is 1. The zero-order valence-electron chi connectivity index (χ0n) is 11.3. The van der Waals surface area contributed by atoms with Gasteiger partial charge in [0.05, 0.1) is 5.54 Å². The Kier molecular flexibility index (Phi) is 4.20. The minimum atomic E-state index is -0.264. The number of benzene rings is 1. The number of rotatable bonds is 6. The Morgan fingerprint density at radius 2 is 2.05 bits per heavy atom. The number of halogens is 1. The molecule has 3 nitrogen and oxygen atoms in total. The topological polar surface area (TPSA) is 55.1 Å². The quantitative estimate of drug-likeness (QED) is 0.825. The van der Waals surface area contributed by atoms with Crippen LogP contribution < -0.4 is 11.1 Å². The fourth-order valence-electron chi connectivity index (χ4n) is 2.33. The van der Waals surface area contributed by atoms with E-state index < -0.39 is 0 Å². The van der Waals surface area contributed by atoms with Crippen molar-refractivity contribution in [3.05, 3.63) is 35.6 Å². The van der Waals surface area contributed by atoms with Gasteiger partial charge in [-0.05, 0) is 49.8 Å². The zero-order valence-corrected chi connectivity index (χ0v) is 11.3. The van der Waals surface area contributed by atoms with Crippen molar-refractivity contribution in [2.45, 2.75) is 38.1 Å². The molecule has 1 amide bonds. The SMILES string of the molecule is CC(CN)(NC(=O)CCc1ccc(F)cc1)C1CC1. The molecular weight excluding hydrogens is 243 g/mol. The molecule has 1 aromatic carbocycles. The van der Waals surface area contributed by atoms with Gasteiger partial charge in [0, 0.05) is 13.0 Å². The van der Waals surface area contributed by atoms with Crippen molar-refractivity contribution >= 4 is 5.91 Å². The smallest absolute Gasteiger partial charge is 0.220 e. The van der Waals surface area contributed by atoms with Gasteiger partial charge in [-0.15, -0.1) is 0 Å². The van der Waals surface area contributed by atoms with Crippen molar-refractivity contribution in [1.82, 2.24) is 5.32 Å². The summed E-state index contributed by atoms with van der Waals surface area (Å²) in [6.45, 7) is 2.49. The summed E-state index contributed by atoms with van der Waals surface area (Å²) in [5.41, 5.74) is 6.47. The maximum atomic E-state index is 12.8. The summed E-state index contributed by atoms with van der Waals surface area (Å²) in [7, 11) is 0. The summed E-state index contributed by atoms with van der Waals surface area (Å²) in [5.74, 6) is 0.286. The predicted octanol–water partition coefficient (Wildman–Crippen LogP) is 2.00. The first-order chi connectivity index (χ1) is 9.03. The third-order valence-electron chi connectivity index (χ3n) is 3.88. The number of nitrogens with two attached hydrogens (primary N) is 1. The van der Waals surface area contributed by atoms with Gasteiger partial charge >= 0.3 is 0 Å². The fraction of sp³-hybridized carbons (Fsp3) is 0.533. The van der Waals surface area contributed by atoms with Crippen LogP contribution in [0.1, 0.15) is 31.7 Å².